The van der Waals surface area contributed by atoms with Gasteiger partial charge in [-0.25, -0.2) is 13.1 Å². The van der Waals surface area contributed by atoms with Crippen LogP contribution in [0.5, 0.6) is 0 Å². The molecule has 0 spiro atoms. The van der Waals surface area contributed by atoms with E-state index in [1.165, 1.54) is 0 Å². The normalized spacial score (nSPS) is 13.1. The van der Waals surface area contributed by atoms with Gasteiger partial charge in [0.05, 0.1) is 4.90 Å². The van der Waals surface area contributed by atoms with E-state index in [1.807, 2.05) is 18.2 Å². The van der Waals surface area contributed by atoms with Gasteiger partial charge in [-0.05, 0) is 49.2 Å². The molecule has 4 nitrogen and oxygen atoms in total. The van der Waals surface area contributed by atoms with Crippen molar-refractivity contribution in [2.24, 2.45) is 0 Å². The highest BCUT2D eigenvalue weighted by atomic mass is 79.9. The zero-order valence-corrected chi connectivity index (χ0v) is 14.2. The summed E-state index contributed by atoms with van der Waals surface area (Å²) < 4.78 is 28.4. The fourth-order valence-corrected chi connectivity index (χ4v) is 4.03. The average Bonchev–Trinajstić information content (AvgIpc) is 2.41. The van der Waals surface area contributed by atoms with Crippen LogP contribution in [0.3, 0.4) is 0 Å². The summed E-state index contributed by atoms with van der Waals surface area (Å²) in [4.78, 5) is 0.277. The minimum atomic E-state index is -3.58. The van der Waals surface area contributed by atoms with Crippen molar-refractivity contribution in [3.8, 4) is 0 Å². The summed E-state index contributed by atoms with van der Waals surface area (Å²) in [7, 11) is -3.58. The molecule has 6 heteroatoms. The van der Waals surface area contributed by atoms with Gasteiger partial charge in [-0.1, -0.05) is 34.1 Å². The standard InChI is InChI=1S/C15H17BrN2O2S/c1-10-3-6-13(16)9-15(10)21(19,20)18-11(2)12-4-7-14(17)8-5-12/h3-9,11,18H,17H2,1-2H3. The third-order valence-electron chi connectivity index (χ3n) is 3.21. The van der Waals surface area contributed by atoms with Crippen LogP contribution in [0.2, 0.25) is 0 Å². The molecule has 112 valence electrons. The number of hydrogen-bond donors (Lipinski definition) is 2. The quantitative estimate of drug-likeness (QED) is 0.812. The summed E-state index contributed by atoms with van der Waals surface area (Å²) in [5.41, 5.74) is 7.85. The number of hydrogen-bond acceptors (Lipinski definition) is 3. The topological polar surface area (TPSA) is 72.2 Å². The Morgan fingerprint density at radius 1 is 1.14 bits per heavy atom. The molecule has 0 amide bonds. The van der Waals surface area contributed by atoms with Crippen LogP contribution in [-0.4, -0.2) is 8.42 Å². The summed E-state index contributed by atoms with van der Waals surface area (Å²) in [6, 6.07) is 12.0. The Morgan fingerprint density at radius 3 is 2.38 bits per heavy atom. The minimum Gasteiger partial charge on any atom is -0.399 e. The summed E-state index contributed by atoms with van der Waals surface area (Å²) >= 11 is 3.30. The molecule has 21 heavy (non-hydrogen) atoms. The van der Waals surface area contributed by atoms with E-state index in [0.29, 0.717) is 11.3 Å². The highest BCUT2D eigenvalue weighted by Crippen LogP contribution is 2.23. The summed E-state index contributed by atoms with van der Waals surface area (Å²) in [5.74, 6) is 0. The average molecular weight is 369 g/mol. The van der Waals surface area contributed by atoms with Crippen molar-refractivity contribution in [1.29, 1.82) is 0 Å². The molecule has 1 unspecified atom stereocenters. The van der Waals surface area contributed by atoms with Gasteiger partial charge in [0.1, 0.15) is 0 Å². The second kappa shape index (κ2) is 6.17. The van der Waals surface area contributed by atoms with Gasteiger partial charge in [-0.3, -0.25) is 0 Å². The second-order valence-corrected chi connectivity index (χ2v) is 7.52. The molecule has 0 saturated carbocycles. The number of anilines is 1. The molecule has 0 fully saturated rings. The van der Waals surface area contributed by atoms with Gasteiger partial charge in [0, 0.05) is 16.2 Å². The van der Waals surface area contributed by atoms with Gasteiger partial charge in [-0.15, -0.1) is 0 Å². The van der Waals surface area contributed by atoms with Gasteiger partial charge < -0.3 is 5.73 Å². The maximum Gasteiger partial charge on any atom is 0.241 e. The van der Waals surface area contributed by atoms with E-state index < -0.39 is 10.0 Å². The van der Waals surface area contributed by atoms with Crippen LogP contribution in [0.25, 0.3) is 0 Å². The number of nitrogen functional groups attached to an aromatic ring is 1. The van der Waals surface area contributed by atoms with Crippen molar-refractivity contribution in [1.82, 2.24) is 4.72 Å². The summed E-state index contributed by atoms with van der Waals surface area (Å²) in [6.07, 6.45) is 0. The van der Waals surface area contributed by atoms with Crippen LogP contribution in [0.1, 0.15) is 24.1 Å². The Morgan fingerprint density at radius 2 is 1.76 bits per heavy atom. The Hall–Kier alpha value is -1.37. The molecular formula is C15H17BrN2O2S. The molecule has 0 aliphatic carbocycles. The van der Waals surface area contributed by atoms with Gasteiger partial charge in [-0.2, -0.15) is 0 Å². The van der Waals surface area contributed by atoms with E-state index in [4.69, 9.17) is 5.73 Å². The zero-order chi connectivity index (χ0) is 15.6. The summed E-state index contributed by atoms with van der Waals surface area (Å²) in [6.45, 7) is 3.57. The van der Waals surface area contributed by atoms with Crippen LogP contribution >= 0.6 is 15.9 Å². The number of sulfonamides is 1. The van der Waals surface area contributed by atoms with Crippen LogP contribution in [0.15, 0.2) is 51.8 Å². The van der Waals surface area contributed by atoms with Crippen LogP contribution < -0.4 is 10.5 Å². The van der Waals surface area contributed by atoms with Crippen molar-refractivity contribution in [3.05, 3.63) is 58.1 Å². The van der Waals surface area contributed by atoms with Crippen LogP contribution in [0.4, 0.5) is 5.69 Å². The SMILES string of the molecule is Cc1ccc(Br)cc1S(=O)(=O)NC(C)c1ccc(N)cc1. The molecule has 0 radical (unpaired) electrons. The maximum atomic E-state index is 12.5. The first-order valence-electron chi connectivity index (χ1n) is 6.43. The number of benzene rings is 2. The van der Waals surface area contributed by atoms with E-state index in [2.05, 4.69) is 20.7 Å². The maximum absolute atomic E-state index is 12.5. The van der Waals surface area contributed by atoms with E-state index in [1.54, 1.807) is 38.1 Å². The summed E-state index contributed by atoms with van der Waals surface area (Å²) in [5, 5.41) is 0. The highest BCUT2D eigenvalue weighted by Gasteiger charge is 2.20. The predicted octanol–water partition coefficient (Wildman–Crippen LogP) is 3.38. The molecule has 0 bridgehead atoms. The zero-order valence-electron chi connectivity index (χ0n) is 11.8. The van der Waals surface area contributed by atoms with Gasteiger partial charge >= 0.3 is 0 Å². The van der Waals surface area contributed by atoms with Gasteiger partial charge in [0.2, 0.25) is 10.0 Å². The van der Waals surface area contributed by atoms with E-state index in [-0.39, 0.29) is 10.9 Å². The van der Waals surface area contributed by atoms with Crippen molar-refractivity contribution in [2.75, 3.05) is 5.73 Å². The molecule has 2 aromatic carbocycles. The molecule has 0 heterocycles. The van der Waals surface area contributed by atoms with Crippen LogP contribution in [-0.2, 0) is 10.0 Å². The lowest BCUT2D eigenvalue weighted by Gasteiger charge is -2.16. The smallest absolute Gasteiger partial charge is 0.241 e. The number of nitrogens with two attached hydrogens (primary N) is 1. The van der Waals surface area contributed by atoms with E-state index in [9.17, 15) is 8.42 Å². The van der Waals surface area contributed by atoms with Crippen LogP contribution in [0, 0.1) is 6.92 Å². The molecular weight excluding hydrogens is 352 g/mol. The Balaban J connectivity index is 2.28. The molecule has 3 N–H and O–H groups in total. The fraction of sp³-hybridized carbons (Fsp3) is 0.200. The fourth-order valence-electron chi connectivity index (χ4n) is 2.01. The van der Waals surface area contributed by atoms with E-state index >= 15 is 0 Å². The molecule has 0 aliphatic heterocycles. The molecule has 0 aromatic heterocycles. The number of rotatable bonds is 4. The van der Waals surface area contributed by atoms with Gasteiger partial charge in [0.15, 0.2) is 0 Å². The molecule has 0 aliphatic rings. The van der Waals surface area contributed by atoms with E-state index in [0.717, 1.165) is 10.0 Å². The lowest BCUT2D eigenvalue weighted by atomic mass is 10.1. The van der Waals surface area contributed by atoms with Gasteiger partial charge in [0.25, 0.3) is 0 Å². The third-order valence-corrected chi connectivity index (χ3v) is 5.38. The first kappa shape index (κ1) is 16.0. The van der Waals surface area contributed by atoms with Crippen molar-refractivity contribution >= 4 is 31.6 Å². The third kappa shape index (κ3) is 3.84. The van der Waals surface area contributed by atoms with Crippen molar-refractivity contribution in [3.63, 3.8) is 0 Å². The molecule has 2 rings (SSSR count). The largest absolute Gasteiger partial charge is 0.399 e. The minimum absolute atomic E-state index is 0.277. The van der Waals surface area contributed by atoms with Crippen molar-refractivity contribution < 1.29 is 8.42 Å². The lowest BCUT2D eigenvalue weighted by molar-refractivity contribution is 0.566. The molecule has 0 saturated heterocycles. The first-order valence-corrected chi connectivity index (χ1v) is 8.71. The van der Waals surface area contributed by atoms with Crippen molar-refractivity contribution in [2.45, 2.75) is 24.8 Å². The lowest BCUT2D eigenvalue weighted by Crippen LogP contribution is -2.27. The Kier molecular flexibility index (Phi) is 4.70. The number of halogens is 1. The number of nitrogens with one attached hydrogen (secondary N) is 1. The number of aryl methyl sites for hydroxylation is 1. The Bertz CT molecular complexity index is 743. The second-order valence-electron chi connectivity index (χ2n) is 4.92. The predicted molar refractivity (Wildman–Crippen MR) is 88.5 cm³/mol. The monoisotopic (exact) mass is 368 g/mol. The Labute approximate surface area is 133 Å². The molecule has 1 atom stereocenters. The highest BCUT2D eigenvalue weighted by molar-refractivity contribution is 9.10. The first-order chi connectivity index (χ1) is 9.79. The molecule has 2 aromatic rings.